The number of hydrogen-bond donors (Lipinski definition) is 0. The fourth-order valence-corrected chi connectivity index (χ4v) is 1.65. The second-order valence-corrected chi connectivity index (χ2v) is 3.51. The molecule has 1 aliphatic rings. The predicted molar refractivity (Wildman–Crippen MR) is 54.0 cm³/mol. The van der Waals surface area contributed by atoms with E-state index in [-0.39, 0.29) is 0 Å². The van der Waals surface area contributed by atoms with Crippen molar-refractivity contribution in [2.75, 3.05) is 11.7 Å². The number of benzene rings is 1. The maximum Gasteiger partial charge on any atom is 0.0952 e. The van der Waals surface area contributed by atoms with Crippen LogP contribution in [0.1, 0.15) is 0 Å². The summed E-state index contributed by atoms with van der Waals surface area (Å²) >= 11 is 11.7. The highest BCUT2D eigenvalue weighted by atomic mass is 35.5. The van der Waals surface area contributed by atoms with E-state index >= 15 is 0 Å². The van der Waals surface area contributed by atoms with Gasteiger partial charge in [-0.15, -0.1) is 0 Å². The molecule has 1 heterocycles. The Kier molecular flexibility index (Phi) is 2.44. The van der Waals surface area contributed by atoms with Crippen LogP contribution in [0.25, 0.3) is 0 Å². The van der Waals surface area contributed by atoms with Crippen LogP contribution in [0.4, 0.5) is 5.69 Å². The van der Waals surface area contributed by atoms with E-state index in [1.54, 1.807) is 23.3 Å². The van der Waals surface area contributed by atoms with Crippen LogP contribution in [0.15, 0.2) is 30.5 Å². The zero-order valence-electron chi connectivity index (χ0n) is 6.71. The van der Waals surface area contributed by atoms with Gasteiger partial charge in [-0.3, -0.25) is 4.84 Å². The summed E-state index contributed by atoms with van der Waals surface area (Å²) in [4.78, 5) is 5.25. The molecule has 0 amide bonds. The SMILES string of the molecule is Clc1cc(Cl)cc(N2C=CCO2)c1. The predicted octanol–water partition coefficient (Wildman–Crippen LogP) is 3.26. The van der Waals surface area contributed by atoms with Gasteiger partial charge in [0.05, 0.1) is 12.3 Å². The quantitative estimate of drug-likeness (QED) is 0.714. The van der Waals surface area contributed by atoms with Gasteiger partial charge in [0.1, 0.15) is 0 Å². The molecular formula is C9H7Cl2NO. The Labute approximate surface area is 86.3 Å². The van der Waals surface area contributed by atoms with E-state index in [1.807, 2.05) is 12.3 Å². The molecule has 13 heavy (non-hydrogen) atoms. The fourth-order valence-electron chi connectivity index (χ4n) is 1.13. The van der Waals surface area contributed by atoms with Gasteiger partial charge in [0, 0.05) is 16.2 Å². The van der Waals surface area contributed by atoms with Gasteiger partial charge in [0.15, 0.2) is 0 Å². The largest absolute Gasteiger partial charge is 0.265 e. The summed E-state index contributed by atoms with van der Waals surface area (Å²) in [5, 5.41) is 2.84. The van der Waals surface area contributed by atoms with E-state index in [2.05, 4.69) is 0 Å². The highest BCUT2D eigenvalue weighted by molar-refractivity contribution is 6.35. The van der Waals surface area contributed by atoms with Crippen molar-refractivity contribution in [1.82, 2.24) is 0 Å². The molecule has 0 spiro atoms. The second-order valence-electron chi connectivity index (χ2n) is 2.63. The van der Waals surface area contributed by atoms with E-state index in [1.165, 1.54) is 0 Å². The summed E-state index contributed by atoms with van der Waals surface area (Å²) in [6, 6.07) is 5.28. The minimum Gasteiger partial charge on any atom is -0.265 e. The maximum atomic E-state index is 5.84. The average molecular weight is 216 g/mol. The molecule has 0 bridgehead atoms. The number of nitrogens with zero attached hydrogens (tertiary/aromatic N) is 1. The Morgan fingerprint density at radius 2 is 1.85 bits per heavy atom. The molecule has 0 aromatic heterocycles. The molecule has 1 aliphatic heterocycles. The number of rotatable bonds is 1. The highest BCUT2D eigenvalue weighted by Gasteiger charge is 2.09. The number of anilines is 1. The molecule has 0 aliphatic carbocycles. The van der Waals surface area contributed by atoms with Crippen molar-refractivity contribution in [3.8, 4) is 0 Å². The first kappa shape index (κ1) is 8.88. The van der Waals surface area contributed by atoms with Crippen LogP contribution in [0.2, 0.25) is 10.0 Å². The van der Waals surface area contributed by atoms with Crippen LogP contribution in [0.5, 0.6) is 0 Å². The Balaban J connectivity index is 2.34. The van der Waals surface area contributed by atoms with Crippen LogP contribution in [-0.2, 0) is 4.84 Å². The summed E-state index contributed by atoms with van der Waals surface area (Å²) in [5.74, 6) is 0. The average Bonchev–Trinajstić information content (AvgIpc) is 2.53. The first-order valence-corrected chi connectivity index (χ1v) is 4.56. The summed E-state index contributed by atoms with van der Waals surface area (Å²) < 4.78 is 0. The van der Waals surface area contributed by atoms with Crippen LogP contribution < -0.4 is 5.06 Å². The highest BCUT2D eigenvalue weighted by Crippen LogP contribution is 2.26. The standard InChI is InChI=1S/C9H7Cl2NO/c10-7-4-8(11)6-9(5-7)12-2-1-3-13-12/h1-2,4-6H,3H2. The normalized spacial score (nSPS) is 15.4. The molecule has 4 heteroatoms. The lowest BCUT2D eigenvalue weighted by Gasteiger charge is -2.14. The third kappa shape index (κ3) is 1.97. The van der Waals surface area contributed by atoms with Crippen LogP contribution in [0.3, 0.4) is 0 Å². The molecule has 0 atom stereocenters. The minimum absolute atomic E-state index is 0.587. The fraction of sp³-hybridized carbons (Fsp3) is 0.111. The Morgan fingerprint density at radius 3 is 2.38 bits per heavy atom. The third-order valence-corrected chi connectivity index (χ3v) is 2.09. The van der Waals surface area contributed by atoms with Gasteiger partial charge in [-0.1, -0.05) is 23.2 Å². The van der Waals surface area contributed by atoms with Crippen molar-refractivity contribution in [3.63, 3.8) is 0 Å². The molecule has 1 aromatic carbocycles. The molecule has 0 fully saturated rings. The lowest BCUT2D eigenvalue weighted by Crippen LogP contribution is -2.10. The Bertz CT molecular complexity index is 331. The van der Waals surface area contributed by atoms with Crippen molar-refractivity contribution in [2.24, 2.45) is 0 Å². The van der Waals surface area contributed by atoms with Gasteiger partial charge in [-0.2, -0.15) is 0 Å². The first-order valence-electron chi connectivity index (χ1n) is 3.80. The lowest BCUT2D eigenvalue weighted by molar-refractivity contribution is 0.180. The summed E-state index contributed by atoms with van der Waals surface area (Å²) in [6.07, 6.45) is 3.75. The van der Waals surface area contributed by atoms with Crippen LogP contribution >= 0.6 is 23.2 Å². The van der Waals surface area contributed by atoms with E-state index in [0.29, 0.717) is 16.7 Å². The minimum atomic E-state index is 0.587. The topological polar surface area (TPSA) is 12.5 Å². The molecule has 2 rings (SSSR count). The molecular weight excluding hydrogens is 209 g/mol. The Morgan fingerprint density at radius 1 is 1.15 bits per heavy atom. The van der Waals surface area contributed by atoms with Gasteiger partial charge < -0.3 is 0 Å². The molecule has 2 nitrogen and oxygen atoms in total. The maximum absolute atomic E-state index is 5.84. The molecule has 68 valence electrons. The van der Waals surface area contributed by atoms with E-state index in [4.69, 9.17) is 28.0 Å². The molecule has 0 radical (unpaired) electrons. The number of halogens is 2. The van der Waals surface area contributed by atoms with E-state index in [0.717, 1.165) is 5.69 Å². The lowest BCUT2D eigenvalue weighted by atomic mass is 10.3. The van der Waals surface area contributed by atoms with Crippen molar-refractivity contribution in [2.45, 2.75) is 0 Å². The van der Waals surface area contributed by atoms with Gasteiger partial charge in [-0.05, 0) is 24.3 Å². The van der Waals surface area contributed by atoms with Crippen LogP contribution in [-0.4, -0.2) is 6.61 Å². The van der Waals surface area contributed by atoms with Crippen molar-refractivity contribution < 1.29 is 4.84 Å². The van der Waals surface area contributed by atoms with E-state index < -0.39 is 0 Å². The van der Waals surface area contributed by atoms with Crippen LogP contribution in [0, 0.1) is 0 Å². The smallest absolute Gasteiger partial charge is 0.0952 e. The molecule has 0 N–H and O–H groups in total. The summed E-state index contributed by atoms with van der Waals surface area (Å²) in [6.45, 7) is 0.587. The van der Waals surface area contributed by atoms with Gasteiger partial charge in [0.2, 0.25) is 0 Å². The number of hydroxylamine groups is 1. The molecule has 1 aromatic rings. The summed E-state index contributed by atoms with van der Waals surface area (Å²) in [7, 11) is 0. The van der Waals surface area contributed by atoms with Crippen molar-refractivity contribution in [1.29, 1.82) is 0 Å². The zero-order valence-corrected chi connectivity index (χ0v) is 8.22. The third-order valence-electron chi connectivity index (χ3n) is 1.65. The van der Waals surface area contributed by atoms with Gasteiger partial charge >= 0.3 is 0 Å². The monoisotopic (exact) mass is 215 g/mol. The summed E-state index contributed by atoms with van der Waals surface area (Å²) in [5.41, 5.74) is 0.839. The van der Waals surface area contributed by atoms with Gasteiger partial charge in [-0.25, -0.2) is 5.06 Å². The molecule has 0 saturated carbocycles. The first-order chi connectivity index (χ1) is 6.25. The van der Waals surface area contributed by atoms with Crippen molar-refractivity contribution in [3.05, 3.63) is 40.5 Å². The zero-order chi connectivity index (χ0) is 9.26. The van der Waals surface area contributed by atoms with Gasteiger partial charge in [0.25, 0.3) is 0 Å². The Hall–Kier alpha value is -0.700. The molecule has 0 unspecified atom stereocenters. The molecule has 0 saturated heterocycles. The second kappa shape index (κ2) is 3.58. The number of hydrogen-bond acceptors (Lipinski definition) is 2. The van der Waals surface area contributed by atoms with E-state index in [9.17, 15) is 0 Å². The van der Waals surface area contributed by atoms with Crippen molar-refractivity contribution >= 4 is 28.9 Å².